The third kappa shape index (κ3) is 5.91. The first-order valence-electron chi connectivity index (χ1n) is 9.73. The highest BCUT2D eigenvalue weighted by Gasteiger charge is 2.17. The number of hydrogen-bond donors (Lipinski definition) is 1. The number of rotatable bonds is 7. The SMILES string of the molecule is COc1ccc(C(CC(=O)N=c2ccccn2Cc2ccccc2)NC(C)=O)cc1. The normalized spacial score (nSPS) is 12.3. The Labute approximate surface area is 175 Å². The molecule has 1 atom stereocenters. The molecule has 0 spiro atoms. The maximum atomic E-state index is 12.7. The second-order valence-electron chi connectivity index (χ2n) is 6.91. The summed E-state index contributed by atoms with van der Waals surface area (Å²) in [6.07, 6.45) is 1.96. The van der Waals surface area contributed by atoms with Crippen LogP contribution in [0.15, 0.2) is 84.0 Å². The predicted molar refractivity (Wildman–Crippen MR) is 115 cm³/mol. The summed E-state index contributed by atoms with van der Waals surface area (Å²) in [5.41, 5.74) is 2.51. The first-order chi connectivity index (χ1) is 14.5. The Morgan fingerprint density at radius 2 is 1.70 bits per heavy atom. The Bertz CT molecular complexity index is 1060. The second kappa shape index (κ2) is 10.2. The maximum absolute atomic E-state index is 12.7. The molecular weight excluding hydrogens is 378 g/mol. The van der Waals surface area contributed by atoms with E-state index in [4.69, 9.17) is 4.74 Å². The van der Waals surface area contributed by atoms with E-state index in [2.05, 4.69) is 10.3 Å². The quantitative estimate of drug-likeness (QED) is 0.658. The molecule has 0 radical (unpaired) electrons. The van der Waals surface area contributed by atoms with Crippen molar-refractivity contribution in [2.45, 2.75) is 25.9 Å². The van der Waals surface area contributed by atoms with Crippen LogP contribution in [0.5, 0.6) is 5.75 Å². The maximum Gasteiger partial charge on any atom is 0.250 e. The zero-order valence-corrected chi connectivity index (χ0v) is 17.1. The minimum atomic E-state index is -0.462. The summed E-state index contributed by atoms with van der Waals surface area (Å²) < 4.78 is 7.10. The molecule has 1 heterocycles. The van der Waals surface area contributed by atoms with E-state index in [0.29, 0.717) is 17.8 Å². The van der Waals surface area contributed by atoms with E-state index < -0.39 is 6.04 Å². The number of pyridine rings is 1. The van der Waals surface area contributed by atoms with Crippen molar-refractivity contribution in [1.29, 1.82) is 0 Å². The molecule has 0 fully saturated rings. The van der Waals surface area contributed by atoms with Crippen LogP contribution in [0.1, 0.15) is 30.5 Å². The molecule has 0 aliphatic carbocycles. The molecule has 1 unspecified atom stereocenters. The Kier molecular flexibility index (Phi) is 7.16. The van der Waals surface area contributed by atoms with Gasteiger partial charge in [-0.3, -0.25) is 9.59 Å². The van der Waals surface area contributed by atoms with E-state index >= 15 is 0 Å². The third-order valence-corrected chi connectivity index (χ3v) is 4.63. The molecule has 154 valence electrons. The summed E-state index contributed by atoms with van der Waals surface area (Å²) in [5.74, 6) is 0.197. The number of carbonyl (C=O) groups is 2. The van der Waals surface area contributed by atoms with Crippen molar-refractivity contribution in [3.05, 3.63) is 95.6 Å². The van der Waals surface area contributed by atoms with Crippen LogP contribution in [0.25, 0.3) is 0 Å². The van der Waals surface area contributed by atoms with E-state index in [9.17, 15) is 9.59 Å². The highest BCUT2D eigenvalue weighted by Crippen LogP contribution is 2.20. The van der Waals surface area contributed by atoms with Crippen LogP contribution in [0.3, 0.4) is 0 Å². The minimum absolute atomic E-state index is 0.0616. The summed E-state index contributed by atoms with van der Waals surface area (Å²) in [6.45, 7) is 2.05. The molecule has 3 rings (SSSR count). The molecule has 0 bridgehead atoms. The molecule has 0 saturated heterocycles. The van der Waals surface area contributed by atoms with E-state index in [-0.39, 0.29) is 18.2 Å². The predicted octanol–water partition coefficient (Wildman–Crippen LogP) is 3.24. The van der Waals surface area contributed by atoms with Crippen molar-refractivity contribution in [1.82, 2.24) is 9.88 Å². The third-order valence-electron chi connectivity index (χ3n) is 4.63. The topological polar surface area (TPSA) is 72.7 Å². The fourth-order valence-corrected chi connectivity index (χ4v) is 3.16. The summed E-state index contributed by atoms with van der Waals surface area (Å²) >= 11 is 0. The van der Waals surface area contributed by atoms with Gasteiger partial charge in [0.25, 0.3) is 0 Å². The van der Waals surface area contributed by atoms with Crippen LogP contribution in [-0.4, -0.2) is 23.5 Å². The van der Waals surface area contributed by atoms with Gasteiger partial charge in [0, 0.05) is 19.7 Å². The van der Waals surface area contributed by atoms with Gasteiger partial charge in [0.05, 0.1) is 19.6 Å². The Morgan fingerprint density at radius 1 is 1.00 bits per heavy atom. The molecule has 30 heavy (non-hydrogen) atoms. The van der Waals surface area contributed by atoms with Crippen molar-refractivity contribution in [2.75, 3.05) is 7.11 Å². The Morgan fingerprint density at radius 3 is 2.37 bits per heavy atom. The van der Waals surface area contributed by atoms with Gasteiger partial charge < -0.3 is 14.6 Å². The number of ether oxygens (including phenoxy) is 1. The van der Waals surface area contributed by atoms with Crippen LogP contribution >= 0.6 is 0 Å². The first kappa shape index (κ1) is 21.0. The highest BCUT2D eigenvalue weighted by atomic mass is 16.5. The van der Waals surface area contributed by atoms with Crippen LogP contribution in [-0.2, 0) is 16.1 Å². The van der Waals surface area contributed by atoms with Crippen molar-refractivity contribution in [3.63, 3.8) is 0 Å². The van der Waals surface area contributed by atoms with E-state index in [0.717, 1.165) is 11.1 Å². The van der Waals surface area contributed by atoms with Crippen molar-refractivity contribution in [3.8, 4) is 5.75 Å². The van der Waals surface area contributed by atoms with Gasteiger partial charge in [0.2, 0.25) is 11.8 Å². The number of methoxy groups -OCH3 is 1. The molecule has 0 saturated carbocycles. The van der Waals surface area contributed by atoms with Crippen LogP contribution in [0.2, 0.25) is 0 Å². The number of hydrogen-bond acceptors (Lipinski definition) is 3. The molecule has 1 aromatic heterocycles. The minimum Gasteiger partial charge on any atom is -0.497 e. The van der Waals surface area contributed by atoms with E-state index in [1.165, 1.54) is 6.92 Å². The number of aromatic nitrogens is 1. The van der Waals surface area contributed by atoms with Crippen LogP contribution < -0.4 is 15.5 Å². The largest absolute Gasteiger partial charge is 0.497 e. The van der Waals surface area contributed by atoms with Crippen molar-refractivity contribution in [2.24, 2.45) is 4.99 Å². The molecular formula is C24H25N3O3. The average molecular weight is 403 g/mol. The van der Waals surface area contributed by atoms with Gasteiger partial charge in [-0.05, 0) is 35.4 Å². The summed E-state index contributed by atoms with van der Waals surface area (Å²) in [6, 6.07) is 22.4. The number of nitrogens with one attached hydrogen (secondary N) is 1. The number of amides is 2. The van der Waals surface area contributed by atoms with Gasteiger partial charge in [-0.15, -0.1) is 0 Å². The van der Waals surface area contributed by atoms with Gasteiger partial charge in [-0.2, -0.15) is 4.99 Å². The summed E-state index contributed by atoms with van der Waals surface area (Å²) in [4.78, 5) is 28.7. The zero-order chi connectivity index (χ0) is 21.3. The Balaban J connectivity index is 1.82. The van der Waals surface area contributed by atoms with Crippen molar-refractivity contribution >= 4 is 11.8 Å². The van der Waals surface area contributed by atoms with E-state index in [1.807, 2.05) is 71.4 Å². The van der Waals surface area contributed by atoms with Gasteiger partial charge >= 0.3 is 0 Å². The molecule has 0 aliphatic rings. The van der Waals surface area contributed by atoms with Gasteiger partial charge in [-0.25, -0.2) is 0 Å². The lowest BCUT2D eigenvalue weighted by Gasteiger charge is -2.17. The molecule has 1 N–H and O–H groups in total. The highest BCUT2D eigenvalue weighted by molar-refractivity contribution is 5.79. The fraction of sp³-hybridized carbons (Fsp3) is 0.208. The number of benzene rings is 2. The molecule has 6 nitrogen and oxygen atoms in total. The lowest BCUT2D eigenvalue weighted by atomic mass is 10.0. The molecule has 2 amide bonds. The monoisotopic (exact) mass is 403 g/mol. The fourth-order valence-electron chi connectivity index (χ4n) is 3.16. The van der Waals surface area contributed by atoms with Crippen molar-refractivity contribution < 1.29 is 14.3 Å². The lowest BCUT2D eigenvalue weighted by Crippen LogP contribution is -2.29. The molecule has 2 aromatic carbocycles. The number of nitrogens with zero attached hydrogens (tertiary/aromatic N) is 2. The van der Waals surface area contributed by atoms with Crippen LogP contribution in [0.4, 0.5) is 0 Å². The van der Waals surface area contributed by atoms with Gasteiger partial charge in [-0.1, -0.05) is 48.5 Å². The van der Waals surface area contributed by atoms with Gasteiger partial charge in [0.1, 0.15) is 11.2 Å². The lowest BCUT2D eigenvalue weighted by molar-refractivity contribution is -0.121. The smallest absolute Gasteiger partial charge is 0.250 e. The average Bonchev–Trinajstić information content (AvgIpc) is 2.75. The van der Waals surface area contributed by atoms with Gasteiger partial charge in [0.15, 0.2) is 0 Å². The molecule has 6 heteroatoms. The summed E-state index contributed by atoms with van der Waals surface area (Å²) in [5, 5.41) is 2.84. The van der Waals surface area contributed by atoms with Crippen LogP contribution in [0, 0.1) is 0 Å². The number of carbonyl (C=O) groups excluding carboxylic acids is 2. The second-order valence-corrected chi connectivity index (χ2v) is 6.91. The van der Waals surface area contributed by atoms with E-state index in [1.54, 1.807) is 19.2 Å². The summed E-state index contributed by atoms with van der Waals surface area (Å²) in [7, 11) is 1.59. The zero-order valence-electron chi connectivity index (χ0n) is 17.1. The Hall–Kier alpha value is -3.67. The standard InChI is InChI=1S/C24H25N3O3/c1-18(28)25-22(20-11-13-21(30-2)14-12-20)16-24(29)26-23-10-6-7-15-27(23)17-19-8-4-3-5-9-19/h3-15,22H,16-17H2,1-2H3,(H,25,28). The molecule has 0 aliphatic heterocycles. The molecule has 3 aromatic rings. The first-order valence-corrected chi connectivity index (χ1v) is 9.73.